The van der Waals surface area contributed by atoms with Crippen LogP contribution in [0.5, 0.6) is 0 Å². The molecule has 1 aromatic heterocycles. The molecule has 1 aliphatic rings. The molecule has 27 heavy (non-hydrogen) atoms. The summed E-state index contributed by atoms with van der Waals surface area (Å²) in [5.41, 5.74) is 2.15. The summed E-state index contributed by atoms with van der Waals surface area (Å²) in [4.78, 5) is 18.7. The molecule has 0 aliphatic carbocycles. The molecule has 2 aromatic carbocycles. The SMILES string of the molecule is CN1C(=N)NC(c2ccccc2)(c2cccc(-c3cncc(Cl)c3)c2)C1=O. The van der Waals surface area contributed by atoms with Crippen molar-refractivity contribution in [2.45, 2.75) is 5.54 Å². The van der Waals surface area contributed by atoms with E-state index in [9.17, 15) is 4.79 Å². The third-order valence-electron chi connectivity index (χ3n) is 4.81. The number of hydrogen-bond acceptors (Lipinski definition) is 3. The number of rotatable bonds is 3. The van der Waals surface area contributed by atoms with Gasteiger partial charge in [-0.2, -0.15) is 0 Å². The van der Waals surface area contributed by atoms with Gasteiger partial charge in [0.05, 0.1) is 5.02 Å². The molecule has 4 rings (SSSR count). The molecule has 1 fully saturated rings. The smallest absolute Gasteiger partial charge is 0.264 e. The van der Waals surface area contributed by atoms with Crippen molar-refractivity contribution in [3.63, 3.8) is 0 Å². The topological polar surface area (TPSA) is 69.1 Å². The van der Waals surface area contributed by atoms with Gasteiger partial charge in [0.25, 0.3) is 5.91 Å². The van der Waals surface area contributed by atoms with E-state index in [1.807, 2.05) is 60.7 Å². The summed E-state index contributed by atoms with van der Waals surface area (Å²) in [7, 11) is 1.60. The summed E-state index contributed by atoms with van der Waals surface area (Å²) >= 11 is 6.08. The molecule has 1 aliphatic heterocycles. The van der Waals surface area contributed by atoms with Crippen molar-refractivity contribution in [2.75, 3.05) is 7.05 Å². The maximum absolute atomic E-state index is 13.2. The normalized spacial score (nSPS) is 19.3. The lowest BCUT2D eigenvalue weighted by molar-refractivity contribution is -0.129. The van der Waals surface area contributed by atoms with E-state index in [-0.39, 0.29) is 11.9 Å². The maximum Gasteiger partial charge on any atom is 0.264 e. The summed E-state index contributed by atoms with van der Waals surface area (Å²) in [5, 5.41) is 11.8. The van der Waals surface area contributed by atoms with Crippen LogP contribution >= 0.6 is 11.6 Å². The van der Waals surface area contributed by atoms with Crippen LogP contribution in [0.25, 0.3) is 11.1 Å². The molecule has 1 amide bonds. The monoisotopic (exact) mass is 376 g/mol. The molecular formula is C21H17ClN4O. The van der Waals surface area contributed by atoms with Crippen LogP contribution in [-0.4, -0.2) is 28.8 Å². The van der Waals surface area contributed by atoms with Crippen LogP contribution in [0.3, 0.4) is 0 Å². The highest BCUT2D eigenvalue weighted by Crippen LogP contribution is 2.37. The van der Waals surface area contributed by atoms with E-state index in [4.69, 9.17) is 17.0 Å². The molecule has 1 atom stereocenters. The highest BCUT2D eigenvalue weighted by atomic mass is 35.5. The fraction of sp³-hybridized carbons (Fsp3) is 0.0952. The van der Waals surface area contributed by atoms with Crippen molar-refractivity contribution < 1.29 is 4.79 Å². The number of carbonyl (C=O) groups is 1. The van der Waals surface area contributed by atoms with Crippen molar-refractivity contribution in [3.05, 3.63) is 89.2 Å². The number of hydrogen-bond donors (Lipinski definition) is 2. The van der Waals surface area contributed by atoms with Crippen LogP contribution in [-0.2, 0) is 10.3 Å². The summed E-state index contributed by atoms with van der Waals surface area (Å²) in [6.45, 7) is 0. The summed E-state index contributed by atoms with van der Waals surface area (Å²) in [5.74, 6) is -0.126. The first kappa shape index (κ1) is 17.2. The zero-order chi connectivity index (χ0) is 19.0. The van der Waals surface area contributed by atoms with Crippen LogP contribution in [0.15, 0.2) is 73.1 Å². The third kappa shape index (κ3) is 2.76. The number of halogens is 1. The highest BCUT2D eigenvalue weighted by molar-refractivity contribution is 6.30. The Balaban J connectivity index is 1.91. The second kappa shape index (κ2) is 6.52. The van der Waals surface area contributed by atoms with Gasteiger partial charge in [-0.3, -0.25) is 20.1 Å². The maximum atomic E-state index is 13.2. The molecule has 3 aromatic rings. The molecule has 1 saturated heterocycles. The molecule has 5 nitrogen and oxygen atoms in total. The number of benzene rings is 2. The standard InChI is InChI=1S/C21H17ClN4O/c1-26-19(27)21(25-20(26)23,16-7-3-2-4-8-16)17-9-5-6-14(10-17)15-11-18(22)13-24-12-15/h2-13H,1H3,(H2,23,25). The quantitative estimate of drug-likeness (QED) is 0.733. The molecule has 2 N–H and O–H groups in total. The van der Waals surface area contributed by atoms with Crippen LogP contribution in [0.2, 0.25) is 5.02 Å². The number of amides is 1. The van der Waals surface area contributed by atoms with Gasteiger partial charge in [-0.15, -0.1) is 0 Å². The van der Waals surface area contributed by atoms with Gasteiger partial charge in [0.2, 0.25) is 0 Å². The van der Waals surface area contributed by atoms with E-state index in [1.165, 1.54) is 4.90 Å². The molecule has 0 spiro atoms. The summed E-state index contributed by atoms with van der Waals surface area (Å²) in [6, 6.07) is 19.0. The Labute approximate surface area is 162 Å². The predicted octanol–water partition coefficient (Wildman–Crippen LogP) is 3.64. The number of aromatic nitrogens is 1. The number of nitrogens with zero attached hydrogens (tertiary/aromatic N) is 2. The highest BCUT2D eigenvalue weighted by Gasteiger charge is 2.50. The Hall–Kier alpha value is -3.18. The van der Waals surface area contributed by atoms with Crippen molar-refractivity contribution in [1.82, 2.24) is 15.2 Å². The minimum atomic E-state index is -1.14. The first-order valence-corrected chi connectivity index (χ1v) is 8.82. The largest absolute Gasteiger partial charge is 0.334 e. The Morgan fingerprint density at radius 2 is 1.74 bits per heavy atom. The minimum absolute atomic E-state index is 0.0682. The van der Waals surface area contributed by atoms with Gasteiger partial charge in [-0.1, -0.05) is 60.1 Å². The Bertz CT molecular complexity index is 1040. The first-order valence-electron chi connectivity index (χ1n) is 8.44. The van der Waals surface area contributed by atoms with E-state index in [1.54, 1.807) is 19.4 Å². The average molecular weight is 377 g/mol. The molecular weight excluding hydrogens is 360 g/mol. The van der Waals surface area contributed by atoms with E-state index in [2.05, 4.69) is 10.3 Å². The zero-order valence-corrected chi connectivity index (χ0v) is 15.4. The Kier molecular flexibility index (Phi) is 4.16. The zero-order valence-electron chi connectivity index (χ0n) is 14.6. The van der Waals surface area contributed by atoms with Gasteiger partial charge in [0.1, 0.15) is 0 Å². The van der Waals surface area contributed by atoms with Crippen molar-refractivity contribution in [1.29, 1.82) is 5.41 Å². The Morgan fingerprint density at radius 1 is 1.00 bits per heavy atom. The molecule has 0 bridgehead atoms. The van der Waals surface area contributed by atoms with Crippen molar-refractivity contribution >= 4 is 23.5 Å². The van der Waals surface area contributed by atoms with Crippen molar-refractivity contribution in [2.24, 2.45) is 0 Å². The predicted molar refractivity (Wildman–Crippen MR) is 106 cm³/mol. The second-order valence-corrected chi connectivity index (χ2v) is 6.86. The lowest BCUT2D eigenvalue weighted by Crippen LogP contribution is -2.45. The van der Waals surface area contributed by atoms with Gasteiger partial charge in [-0.25, -0.2) is 0 Å². The molecule has 134 valence electrons. The molecule has 0 radical (unpaired) electrons. The van der Waals surface area contributed by atoms with E-state index >= 15 is 0 Å². The number of carbonyl (C=O) groups excluding carboxylic acids is 1. The average Bonchev–Trinajstić information content (AvgIpc) is 2.94. The molecule has 1 unspecified atom stereocenters. The minimum Gasteiger partial charge on any atom is -0.334 e. The van der Waals surface area contributed by atoms with Crippen molar-refractivity contribution in [3.8, 4) is 11.1 Å². The van der Waals surface area contributed by atoms with Crippen LogP contribution in [0.4, 0.5) is 0 Å². The van der Waals surface area contributed by atoms with E-state index < -0.39 is 5.54 Å². The third-order valence-corrected chi connectivity index (χ3v) is 5.01. The van der Waals surface area contributed by atoms with Crippen LogP contribution < -0.4 is 5.32 Å². The van der Waals surface area contributed by atoms with Gasteiger partial charge >= 0.3 is 0 Å². The number of likely N-dealkylation sites (N-methyl/N-ethyl adjacent to an activating group) is 1. The lowest BCUT2D eigenvalue weighted by Gasteiger charge is -2.28. The number of guanidine groups is 1. The molecule has 6 heteroatoms. The molecule has 0 saturated carbocycles. The lowest BCUT2D eigenvalue weighted by atomic mass is 9.81. The van der Waals surface area contributed by atoms with Crippen LogP contribution in [0.1, 0.15) is 11.1 Å². The number of pyridine rings is 1. The first-order chi connectivity index (χ1) is 13.0. The van der Waals surface area contributed by atoms with E-state index in [0.717, 1.165) is 22.3 Å². The fourth-order valence-corrected chi connectivity index (χ4v) is 3.59. The van der Waals surface area contributed by atoms with Gasteiger partial charge in [-0.05, 0) is 28.8 Å². The summed E-state index contributed by atoms with van der Waals surface area (Å²) < 4.78 is 0. The molecule has 2 heterocycles. The van der Waals surface area contributed by atoms with E-state index in [0.29, 0.717) is 5.02 Å². The fourth-order valence-electron chi connectivity index (χ4n) is 3.42. The van der Waals surface area contributed by atoms with Gasteiger partial charge in [0, 0.05) is 25.0 Å². The summed E-state index contributed by atoms with van der Waals surface area (Å²) in [6.07, 6.45) is 3.32. The second-order valence-electron chi connectivity index (χ2n) is 6.43. The van der Waals surface area contributed by atoms with Crippen LogP contribution in [0, 0.1) is 5.41 Å². The Morgan fingerprint density at radius 3 is 2.41 bits per heavy atom. The number of nitrogens with one attached hydrogen (secondary N) is 2. The van der Waals surface area contributed by atoms with Gasteiger partial charge in [0.15, 0.2) is 11.5 Å². The van der Waals surface area contributed by atoms with Gasteiger partial charge < -0.3 is 5.32 Å².